The first-order valence-corrected chi connectivity index (χ1v) is 4.75. The molecule has 0 aromatic rings. The number of primary amides is 1. The van der Waals surface area contributed by atoms with E-state index in [9.17, 15) is 4.79 Å². The molecular weight excluding hydrogens is 168 g/mol. The molecule has 1 rings (SSSR count). The van der Waals surface area contributed by atoms with Crippen molar-refractivity contribution in [3.8, 4) is 0 Å². The maximum atomic E-state index is 9.22. The normalized spacial score (nSPS) is 21.5. The molecule has 0 aromatic carbocycles. The number of carbonyl (C=O) groups excluding carboxylic acids is 1. The minimum absolute atomic E-state index is 0.333. The van der Waals surface area contributed by atoms with E-state index >= 15 is 0 Å². The van der Waals surface area contributed by atoms with Gasteiger partial charge in [0, 0.05) is 20.0 Å². The second-order valence-electron chi connectivity index (χ2n) is 3.10. The largest absolute Gasteiger partial charge is 0.376 e. The Morgan fingerprint density at radius 3 is 2.69 bits per heavy atom. The summed E-state index contributed by atoms with van der Waals surface area (Å²) in [5.41, 5.74) is 4.47. The molecule has 1 fully saturated rings. The number of carbonyl (C=O) groups is 1. The Morgan fingerprint density at radius 1 is 1.69 bits per heavy atom. The van der Waals surface area contributed by atoms with Crippen LogP contribution in [0.5, 0.6) is 0 Å². The molecule has 0 radical (unpaired) electrons. The highest BCUT2D eigenvalue weighted by Gasteiger charge is 2.10. The van der Waals surface area contributed by atoms with Crippen molar-refractivity contribution in [2.45, 2.75) is 32.8 Å². The highest BCUT2D eigenvalue weighted by atomic mass is 16.5. The van der Waals surface area contributed by atoms with Gasteiger partial charge in [-0.15, -0.1) is 0 Å². The van der Waals surface area contributed by atoms with Crippen LogP contribution in [-0.4, -0.2) is 31.7 Å². The van der Waals surface area contributed by atoms with Crippen LogP contribution in [0.4, 0.5) is 0 Å². The maximum Gasteiger partial charge on any atom is 0.214 e. The van der Waals surface area contributed by atoms with Crippen LogP contribution in [0.2, 0.25) is 0 Å². The number of morpholine rings is 1. The molecule has 13 heavy (non-hydrogen) atoms. The van der Waals surface area contributed by atoms with Crippen molar-refractivity contribution in [1.82, 2.24) is 5.32 Å². The predicted octanol–water partition coefficient (Wildman–Crippen LogP) is 0.267. The second kappa shape index (κ2) is 8.01. The monoisotopic (exact) mass is 188 g/mol. The average molecular weight is 188 g/mol. The van der Waals surface area contributed by atoms with Gasteiger partial charge in [0.15, 0.2) is 0 Å². The number of nitrogens with two attached hydrogens (primary N) is 1. The van der Waals surface area contributed by atoms with Gasteiger partial charge in [0.2, 0.25) is 5.91 Å². The van der Waals surface area contributed by atoms with E-state index in [0.717, 1.165) is 19.7 Å². The molecule has 3 N–H and O–H groups in total. The molecule has 1 saturated heterocycles. The molecule has 1 atom stereocenters. The highest BCUT2D eigenvalue weighted by Crippen LogP contribution is 2.02. The first kappa shape index (κ1) is 12.4. The summed E-state index contributed by atoms with van der Waals surface area (Å²) in [4.78, 5) is 9.22. The Bertz CT molecular complexity index is 127. The quantitative estimate of drug-likeness (QED) is 0.653. The fraction of sp³-hybridized carbons (Fsp3) is 0.889. The molecule has 4 heteroatoms. The van der Waals surface area contributed by atoms with Crippen LogP contribution < -0.4 is 11.1 Å². The van der Waals surface area contributed by atoms with Crippen LogP contribution in [0.3, 0.4) is 0 Å². The third-order valence-corrected chi connectivity index (χ3v) is 1.62. The highest BCUT2D eigenvalue weighted by molar-refractivity contribution is 5.70. The van der Waals surface area contributed by atoms with Crippen molar-refractivity contribution in [1.29, 1.82) is 0 Å². The van der Waals surface area contributed by atoms with E-state index in [-0.39, 0.29) is 5.91 Å². The van der Waals surface area contributed by atoms with E-state index in [1.165, 1.54) is 19.8 Å². The van der Waals surface area contributed by atoms with Crippen LogP contribution in [-0.2, 0) is 9.53 Å². The van der Waals surface area contributed by atoms with Crippen LogP contribution in [0.1, 0.15) is 26.7 Å². The van der Waals surface area contributed by atoms with E-state index < -0.39 is 0 Å². The Morgan fingerprint density at radius 2 is 2.31 bits per heavy atom. The zero-order chi connectivity index (χ0) is 10.1. The van der Waals surface area contributed by atoms with Crippen molar-refractivity contribution < 1.29 is 9.53 Å². The average Bonchev–Trinajstić information content (AvgIpc) is 2.06. The van der Waals surface area contributed by atoms with E-state index in [1.54, 1.807) is 0 Å². The van der Waals surface area contributed by atoms with Gasteiger partial charge >= 0.3 is 0 Å². The Balaban J connectivity index is 0.000000310. The molecular formula is C9H20N2O2. The zero-order valence-electron chi connectivity index (χ0n) is 8.51. The summed E-state index contributed by atoms with van der Waals surface area (Å²) in [5.74, 6) is -0.333. The smallest absolute Gasteiger partial charge is 0.214 e. The molecule has 0 saturated carbocycles. The summed E-state index contributed by atoms with van der Waals surface area (Å²) in [6.45, 7) is 6.47. The van der Waals surface area contributed by atoms with Crippen molar-refractivity contribution in [2.75, 3.05) is 19.7 Å². The van der Waals surface area contributed by atoms with Gasteiger partial charge in [-0.3, -0.25) is 4.79 Å². The zero-order valence-corrected chi connectivity index (χ0v) is 8.51. The minimum Gasteiger partial charge on any atom is -0.376 e. The van der Waals surface area contributed by atoms with Crippen molar-refractivity contribution in [3.63, 3.8) is 0 Å². The molecule has 4 nitrogen and oxygen atoms in total. The SMILES string of the molecule is CC(N)=O.CCCC1CNCCO1. The van der Waals surface area contributed by atoms with Gasteiger partial charge in [-0.1, -0.05) is 13.3 Å². The van der Waals surface area contributed by atoms with Crippen molar-refractivity contribution in [2.24, 2.45) is 5.73 Å². The van der Waals surface area contributed by atoms with Gasteiger partial charge in [0.25, 0.3) is 0 Å². The molecule has 0 spiro atoms. The van der Waals surface area contributed by atoms with Crippen molar-refractivity contribution >= 4 is 5.91 Å². The Kier molecular flexibility index (Phi) is 7.63. The van der Waals surface area contributed by atoms with Gasteiger partial charge in [-0.05, 0) is 6.42 Å². The first-order valence-electron chi connectivity index (χ1n) is 4.75. The molecule has 1 heterocycles. The molecule has 78 valence electrons. The van der Waals surface area contributed by atoms with Crippen LogP contribution >= 0.6 is 0 Å². The summed E-state index contributed by atoms with van der Waals surface area (Å²) in [6, 6.07) is 0. The molecule has 1 unspecified atom stereocenters. The fourth-order valence-corrected chi connectivity index (χ4v) is 1.13. The van der Waals surface area contributed by atoms with Crippen LogP contribution in [0.25, 0.3) is 0 Å². The summed E-state index contributed by atoms with van der Waals surface area (Å²) >= 11 is 0. The van der Waals surface area contributed by atoms with Gasteiger partial charge in [0.05, 0.1) is 12.7 Å². The van der Waals surface area contributed by atoms with E-state index in [1.807, 2.05) is 0 Å². The lowest BCUT2D eigenvalue weighted by atomic mass is 10.2. The standard InChI is InChI=1S/C7H15NO.C2H5NO/c1-2-3-7-6-8-4-5-9-7;1-2(3)4/h7-8H,2-6H2,1H3;1H3,(H2,3,4). The Hall–Kier alpha value is -0.610. The number of ether oxygens (including phenoxy) is 1. The number of rotatable bonds is 2. The van der Waals surface area contributed by atoms with E-state index in [2.05, 4.69) is 18.0 Å². The van der Waals surface area contributed by atoms with E-state index in [4.69, 9.17) is 4.74 Å². The fourth-order valence-electron chi connectivity index (χ4n) is 1.13. The third kappa shape index (κ3) is 9.30. The summed E-state index contributed by atoms with van der Waals surface area (Å²) in [7, 11) is 0. The lowest BCUT2D eigenvalue weighted by Crippen LogP contribution is -2.38. The third-order valence-electron chi connectivity index (χ3n) is 1.62. The molecule has 1 amide bonds. The van der Waals surface area contributed by atoms with Gasteiger partial charge in [-0.2, -0.15) is 0 Å². The molecule has 0 aromatic heterocycles. The lowest BCUT2D eigenvalue weighted by Gasteiger charge is -2.22. The summed E-state index contributed by atoms with van der Waals surface area (Å²) in [5, 5.41) is 3.29. The van der Waals surface area contributed by atoms with Gasteiger partial charge in [-0.25, -0.2) is 0 Å². The number of hydrogen-bond acceptors (Lipinski definition) is 3. The topological polar surface area (TPSA) is 64.4 Å². The summed E-state index contributed by atoms with van der Waals surface area (Å²) < 4.78 is 5.46. The second-order valence-corrected chi connectivity index (χ2v) is 3.10. The summed E-state index contributed by atoms with van der Waals surface area (Å²) in [6.07, 6.45) is 2.92. The molecule has 1 aliphatic heterocycles. The predicted molar refractivity (Wildman–Crippen MR) is 52.4 cm³/mol. The Labute approximate surface area is 79.8 Å². The molecule has 0 bridgehead atoms. The first-order chi connectivity index (χ1) is 6.16. The minimum atomic E-state index is -0.333. The van der Waals surface area contributed by atoms with Gasteiger partial charge in [0.1, 0.15) is 0 Å². The molecule has 1 aliphatic rings. The molecule has 0 aliphatic carbocycles. The van der Waals surface area contributed by atoms with Gasteiger partial charge < -0.3 is 15.8 Å². The maximum absolute atomic E-state index is 9.22. The van der Waals surface area contributed by atoms with E-state index in [0.29, 0.717) is 6.10 Å². The van der Waals surface area contributed by atoms with Crippen LogP contribution in [0, 0.1) is 0 Å². The number of nitrogens with one attached hydrogen (secondary N) is 1. The lowest BCUT2D eigenvalue weighted by molar-refractivity contribution is -0.115. The van der Waals surface area contributed by atoms with Crippen molar-refractivity contribution in [3.05, 3.63) is 0 Å². The van der Waals surface area contributed by atoms with Crippen LogP contribution in [0.15, 0.2) is 0 Å². The number of hydrogen-bond donors (Lipinski definition) is 2. The number of amides is 1.